The summed E-state index contributed by atoms with van der Waals surface area (Å²) in [6.07, 6.45) is 0. The van der Waals surface area contributed by atoms with Crippen LogP contribution in [-0.4, -0.2) is 0 Å². The van der Waals surface area contributed by atoms with Gasteiger partial charge in [-0.2, -0.15) is 10.5 Å². The third-order valence-electron chi connectivity index (χ3n) is 5.26. The van der Waals surface area contributed by atoms with Crippen LogP contribution in [0.2, 0.25) is 0 Å². The highest BCUT2D eigenvalue weighted by Crippen LogP contribution is 2.47. The monoisotopic (exact) mass is 384 g/mol. The smallest absolute Gasteiger partial charge is 0.0998 e. The summed E-state index contributed by atoms with van der Waals surface area (Å²) in [5.74, 6) is 0. The molecular formula is C26H16N4. The molecular weight excluding hydrogens is 368 g/mol. The second-order valence-corrected chi connectivity index (χ2v) is 7.03. The van der Waals surface area contributed by atoms with E-state index in [9.17, 15) is 10.5 Å². The van der Waals surface area contributed by atoms with Gasteiger partial charge in [-0.25, -0.2) is 0 Å². The van der Waals surface area contributed by atoms with Crippen molar-refractivity contribution in [3.63, 3.8) is 0 Å². The van der Waals surface area contributed by atoms with Crippen LogP contribution in [0.5, 0.6) is 0 Å². The molecule has 0 atom stereocenters. The van der Waals surface area contributed by atoms with Gasteiger partial charge >= 0.3 is 0 Å². The molecule has 0 unspecified atom stereocenters. The molecule has 0 amide bonds. The quantitative estimate of drug-likeness (QED) is 0.371. The maximum absolute atomic E-state index is 9.47. The molecule has 0 saturated heterocycles. The summed E-state index contributed by atoms with van der Waals surface area (Å²) in [6.45, 7) is 0. The van der Waals surface area contributed by atoms with E-state index in [0.29, 0.717) is 11.1 Å². The van der Waals surface area contributed by atoms with Crippen LogP contribution in [0.4, 0.5) is 28.4 Å². The lowest BCUT2D eigenvalue weighted by atomic mass is 9.97. The van der Waals surface area contributed by atoms with Crippen LogP contribution in [-0.2, 0) is 0 Å². The number of benzene rings is 4. The van der Waals surface area contributed by atoms with E-state index in [1.54, 1.807) is 18.2 Å². The van der Waals surface area contributed by atoms with Gasteiger partial charge in [-0.3, -0.25) is 0 Å². The van der Waals surface area contributed by atoms with E-state index >= 15 is 0 Å². The van der Waals surface area contributed by atoms with Gasteiger partial charge in [0.1, 0.15) is 0 Å². The molecule has 0 fully saturated rings. The molecule has 1 aliphatic heterocycles. The van der Waals surface area contributed by atoms with Crippen molar-refractivity contribution in [2.75, 3.05) is 10.2 Å². The molecule has 0 radical (unpaired) electrons. The Kier molecular flexibility index (Phi) is 4.17. The highest BCUT2D eigenvalue weighted by atomic mass is 15.2. The predicted octanol–water partition coefficient (Wildman–Crippen LogP) is 6.62. The first-order chi connectivity index (χ1) is 14.8. The Morgan fingerprint density at radius 1 is 0.667 bits per heavy atom. The molecule has 1 heterocycles. The van der Waals surface area contributed by atoms with E-state index in [0.717, 1.165) is 39.6 Å². The minimum absolute atomic E-state index is 0.540. The van der Waals surface area contributed by atoms with Gasteiger partial charge in [-0.05, 0) is 60.2 Å². The molecule has 0 aliphatic carbocycles. The van der Waals surface area contributed by atoms with E-state index in [1.807, 2.05) is 36.4 Å². The molecule has 4 aromatic carbocycles. The fourth-order valence-electron chi connectivity index (χ4n) is 3.84. The minimum atomic E-state index is 0.540. The van der Waals surface area contributed by atoms with Crippen LogP contribution < -0.4 is 10.2 Å². The first-order valence-corrected chi connectivity index (χ1v) is 9.58. The second kappa shape index (κ2) is 7.13. The number of para-hydroxylation sites is 4. The SMILES string of the molecule is N#Cc1ccc(C#N)c(-c2ccc(N3c4ccccc4Nc4ccccc43)cc2)c1. The first kappa shape index (κ1) is 17.6. The predicted molar refractivity (Wildman–Crippen MR) is 119 cm³/mol. The topological polar surface area (TPSA) is 62.9 Å². The number of hydrogen-bond donors (Lipinski definition) is 1. The number of nitriles is 2. The summed E-state index contributed by atoms with van der Waals surface area (Å²) in [5.41, 5.74) is 8.05. The molecule has 0 aromatic heterocycles. The molecule has 4 aromatic rings. The molecule has 1 N–H and O–H groups in total. The van der Waals surface area contributed by atoms with Crippen molar-refractivity contribution >= 4 is 28.4 Å². The first-order valence-electron chi connectivity index (χ1n) is 9.58. The lowest BCUT2D eigenvalue weighted by Gasteiger charge is -2.34. The number of hydrogen-bond acceptors (Lipinski definition) is 4. The highest BCUT2D eigenvalue weighted by Gasteiger charge is 2.23. The van der Waals surface area contributed by atoms with Crippen LogP contribution in [0.3, 0.4) is 0 Å². The summed E-state index contributed by atoms with van der Waals surface area (Å²) in [7, 11) is 0. The summed E-state index contributed by atoms with van der Waals surface area (Å²) in [4.78, 5) is 2.22. The zero-order chi connectivity index (χ0) is 20.5. The third kappa shape index (κ3) is 2.85. The molecule has 30 heavy (non-hydrogen) atoms. The molecule has 0 spiro atoms. The Balaban J connectivity index is 1.62. The summed E-state index contributed by atoms with van der Waals surface area (Å²) in [5, 5.41) is 22.2. The number of nitrogens with one attached hydrogen (secondary N) is 1. The average Bonchev–Trinajstić information content (AvgIpc) is 2.82. The molecule has 4 nitrogen and oxygen atoms in total. The molecule has 5 rings (SSSR count). The van der Waals surface area contributed by atoms with E-state index in [2.05, 4.69) is 58.8 Å². The Bertz CT molecular complexity index is 1300. The Morgan fingerprint density at radius 2 is 1.30 bits per heavy atom. The van der Waals surface area contributed by atoms with Gasteiger partial charge < -0.3 is 10.2 Å². The highest BCUT2D eigenvalue weighted by molar-refractivity contribution is 5.96. The Labute approximate surface area is 174 Å². The van der Waals surface area contributed by atoms with Gasteiger partial charge in [0.2, 0.25) is 0 Å². The second-order valence-electron chi connectivity index (χ2n) is 7.03. The van der Waals surface area contributed by atoms with E-state index in [1.165, 1.54) is 0 Å². The summed E-state index contributed by atoms with van der Waals surface area (Å²) in [6, 6.07) is 34.0. The minimum Gasteiger partial charge on any atom is -0.352 e. The van der Waals surface area contributed by atoms with Crippen molar-refractivity contribution in [3.8, 4) is 23.3 Å². The van der Waals surface area contributed by atoms with Gasteiger partial charge in [0.25, 0.3) is 0 Å². The largest absolute Gasteiger partial charge is 0.352 e. The zero-order valence-corrected chi connectivity index (χ0v) is 16.0. The molecule has 0 saturated carbocycles. The van der Waals surface area contributed by atoms with E-state index in [4.69, 9.17) is 0 Å². The lowest BCUT2D eigenvalue weighted by Crippen LogP contribution is -2.17. The normalized spacial score (nSPS) is 11.5. The van der Waals surface area contributed by atoms with E-state index < -0.39 is 0 Å². The van der Waals surface area contributed by atoms with Crippen LogP contribution in [0.25, 0.3) is 11.1 Å². The maximum atomic E-state index is 9.47. The standard InChI is InChI=1S/C26H16N4/c27-16-18-9-10-20(17-28)22(15-18)19-11-13-21(14-12-19)30-25-7-3-1-5-23(25)29-24-6-2-4-8-26(24)30/h1-15,29H. The van der Waals surface area contributed by atoms with Crippen molar-refractivity contribution < 1.29 is 0 Å². The van der Waals surface area contributed by atoms with Crippen molar-refractivity contribution in [1.82, 2.24) is 0 Å². The summed E-state index contributed by atoms with van der Waals surface area (Å²) >= 11 is 0. The number of nitrogens with zero attached hydrogens (tertiary/aromatic N) is 3. The van der Waals surface area contributed by atoms with E-state index in [-0.39, 0.29) is 0 Å². The van der Waals surface area contributed by atoms with Crippen LogP contribution in [0.15, 0.2) is 91.0 Å². The fraction of sp³-hybridized carbons (Fsp3) is 0. The number of anilines is 5. The van der Waals surface area contributed by atoms with Crippen molar-refractivity contribution in [3.05, 3.63) is 102 Å². The molecule has 4 heteroatoms. The summed E-state index contributed by atoms with van der Waals surface area (Å²) < 4.78 is 0. The van der Waals surface area contributed by atoms with Crippen LogP contribution in [0.1, 0.15) is 11.1 Å². The fourth-order valence-corrected chi connectivity index (χ4v) is 3.84. The number of fused-ring (bicyclic) bond motifs is 2. The van der Waals surface area contributed by atoms with Crippen LogP contribution >= 0.6 is 0 Å². The Morgan fingerprint density at radius 3 is 1.90 bits per heavy atom. The molecule has 1 aliphatic rings. The van der Waals surface area contributed by atoms with Gasteiger partial charge in [0.15, 0.2) is 0 Å². The van der Waals surface area contributed by atoms with Crippen molar-refractivity contribution in [2.24, 2.45) is 0 Å². The van der Waals surface area contributed by atoms with Crippen molar-refractivity contribution in [1.29, 1.82) is 10.5 Å². The molecule has 0 bridgehead atoms. The van der Waals surface area contributed by atoms with Crippen molar-refractivity contribution in [2.45, 2.75) is 0 Å². The van der Waals surface area contributed by atoms with Gasteiger partial charge in [0, 0.05) is 11.3 Å². The maximum Gasteiger partial charge on any atom is 0.0998 e. The molecule has 140 valence electrons. The van der Waals surface area contributed by atoms with Gasteiger partial charge in [0.05, 0.1) is 46.0 Å². The third-order valence-corrected chi connectivity index (χ3v) is 5.26. The lowest BCUT2D eigenvalue weighted by molar-refractivity contribution is 1.25. The van der Waals surface area contributed by atoms with Gasteiger partial charge in [-0.1, -0.05) is 36.4 Å². The zero-order valence-electron chi connectivity index (χ0n) is 16.0. The Hall–Kier alpha value is -4.54. The number of rotatable bonds is 2. The van der Waals surface area contributed by atoms with Gasteiger partial charge in [-0.15, -0.1) is 0 Å². The average molecular weight is 384 g/mol. The van der Waals surface area contributed by atoms with Crippen LogP contribution in [0, 0.1) is 22.7 Å².